The molecule has 0 aliphatic heterocycles. The van der Waals surface area contributed by atoms with Crippen LogP contribution in [0.1, 0.15) is 22.0 Å². The number of rotatable bonds is 4. The Morgan fingerprint density at radius 2 is 1.95 bits per heavy atom. The van der Waals surface area contributed by atoms with Gasteiger partial charge < -0.3 is 5.73 Å². The molecule has 5 N–H and O–H groups in total. The second-order valence-corrected chi connectivity index (χ2v) is 6.27. The van der Waals surface area contributed by atoms with Gasteiger partial charge in [-0.1, -0.05) is 11.6 Å². The van der Waals surface area contributed by atoms with Gasteiger partial charge in [0.25, 0.3) is 0 Å². The fraction of sp³-hybridized carbons (Fsp3) is 0.231. The first-order valence-electron chi connectivity index (χ1n) is 5.98. The van der Waals surface area contributed by atoms with Crippen LogP contribution in [0.3, 0.4) is 0 Å². The van der Waals surface area contributed by atoms with Crippen molar-refractivity contribution in [2.24, 2.45) is 5.84 Å². The summed E-state index contributed by atoms with van der Waals surface area (Å²) in [6.07, 6.45) is -4.02. The molecule has 1 heterocycles. The minimum atomic E-state index is -4.42. The zero-order valence-corrected chi connectivity index (χ0v) is 12.3. The predicted octanol–water partition coefficient (Wildman–Crippen LogP) is 3.75. The van der Waals surface area contributed by atoms with Crippen LogP contribution in [0.4, 0.5) is 18.9 Å². The molecule has 2 aromatic rings. The van der Waals surface area contributed by atoms with Gasteiger partial charge >= 0.3 is 6.18 Å². The Labute approximate surface area is 128 Å². The maximum absolute atomic E-state index is 12.8. The minimum absolute atomic E-state index is 0.258. The molecule has 3 nitrogen and oxygen atoms in total. The molecule has 0 radical (unpaired) electrons. The third-order valence-electron chi connectivity index (χ3n) is 3.02. The van der Waals surface area contributed by atoms with Crippen LogP contribution in [0.25, 0.3) is 0 Å². The molecule has 8 heteroatoms. The standard InChI is InChI=1S/C13H13ClF3N3S/c14-12-4-2-8(21-12)6-11(20-19)9-5-7(13(15,16)17)1-3-10(9)18/h1-5,11,20H,6,18-19H2. The summed E-state index contributed by atoms with van der Waals surface area (Å²) < 4.78 is 39.0. The van der Waals surface area contributed by atoms with Gasteiger partial charge in [0.15, 0.2) is 0 Å². The van der Waals surface area contributed by atoms with E-state index in [4.69, 9.17) is 23.2 Å². The number of anilines is 1. The van der Waals surface area contributed by atoms with Crippen LogP contribution in [-0.4, -0.2) is 0 Å². The number of nitrogen functional groups attached to an aromatic ring is 1. The van der Waals surface area contributed by atoms with E-state index in [0.717, 1.165) is 17.0 Å². The molecule has 1 atom stereocenters. The maximum atomic E-state index is 12.8. The fourth-order valence-electron chi connectivity index (χ4n) is 1.97. The van der Waals surface area contributed by atoms with Gasteiger partial charge in [-0.3, -0.25) is 11.3 Å². The third kappa shape index (κ3) is 3.88. The summed E-state index contributed by atoms with van der Waals surface area (Å²) in [6, 6.07) is 6.22. The second kappa shape index (κ2) is 6.23. The lowest BCUT2D eigenvalue weighted by Gasteiger charge is -2.19. The topological polar surface area (TPSA) is 64.1 Å². The summed E-state index contributed by atoms with van der Waals surface area (Å²) in [5, 5.41) is 0. The van der Waals surface area contributed by atoms with Gasteiger partial charge in [-0.15, -0.1) is 11.3 Å². The van der Waals surface area contributed by atoms with Gasteiger partial charge in [-0.2, -0.15) is 13.2 Å². The van der Waals surface area contributed by atoms with Crippen LogP contribution in [0, 0.1) is 0 Å². The lowest BCUT2D eigenvalue weighted by molar-refractivity contribution is -0.137. The summed E-state index contributed by atoms with van der Waals surface area (Å²) in [4.78, 5) is 0.903. The van der Waals surface area contributed by atoms with Crippen molar-refractivity contribution in [3.8, 4) is 0 Å². The number of hydrogen-bond donors (Lipinski definition) is 3. The highest BCUT2D eigenvalue weighted by atomic mass is 35.5. The number of alkyl halides is 3. The number of nitrogens with two attached hydrogens (primary N) is 2. The highest BCUT2D eigenvalue weighted by Gasteiger charge is 2.31. The molecule has 21 heavy (non-hydrogen) atoms. The van der Waals surface area contributed by atoms with Crippen molar-refractivity contribution < 1.29 is 13.2 Å². The van der Waals surface area contributed by atoms with Crippen molar-refractivity contribution in [2.45, 2.75) is 18.6 Å². The van der Waals surface area contributed by atoms with E-state index in [0.29, 0.717) is 16.3 Å². The van der Waals surface area contributed by atoms with Crippen molar-refractivity contribution in [2.75, 3.05) is 5.73 Å². The Morgan fingerprint density at radius 3 is 2.48 bits per heavy atom. The van der Waals surface area contributed by atoms with Crippen LogP contribution in [0.2, 0.25) is 4.34 Å². The minimum Gasteiger partial charge on any atom is -0.398 e. The van der Waals surface area contributed by atoms with Gasteiger partial charge in [0, 0.05) is 17.0 Å². The first kappa shape index (κ1) is 16.1. The van der Waals surface area contributed by atoms with Crippen molar-refractivity contribution in [3.05, 3.63) is 50.7 Å². The predicted molar refractivity (Wildman–Crippen MR) is 79.0 cm³/mol. The molecule has 2 rings (SSSR count). The molecule has 0 aliphatic carbocycles. The lowest BCUT2D eigenvalue weighted by Crippen LogP contribution is -2.30. The van der Waals surface area contributed by atoms with Gasteiger partial charge in [0.1, 0.15) is 0 Å². The molecule has 1 aromatic heterocycles. The van der Waals surface area contributed by atoms with Gasteiger partial charge in [-0.25, -0.2) is 0 Å². The highest BCUT2D eigenvalue weighted by molar-refractivity contribution is 7.16. The Kier molecular flexibility index (Phi) is 4.77. The average molecular weight is 336 g/mol. The van der Waals surface area contributed by atoms with E-state index >= 15 is 0 Å². The molecular formula is C13H13ClF3N3S. The Balaban J connectivity index is 2.33. The van der Waals surface area contributed by atoms with Gasteiger partial charge in [-0.05, 0) is 35.9 Å². The van der Waals surface area contributed by atoms with E-state index in [9.17, 15) is 13.2 Å². The Hall–Kier alpha value is -1.28. The number of nitrogens with one attached hydrogen (secondary N) is 1. The SMILES string of the molecule is NNC(Cc1ccc(Cl)s1)c1cc(C(F)(F)F)ccc1N. The highest BCUT2D eigenvalue weighted by Crippen LogP contribution is 2.34. The van der Waals surface area contributed by atoms with Crippen molar-refractivity contribution in [1.29, 1.82) is 0 Å². The fourth-order valence-corrected chi connectivity index (χ4v) is 3.11. The first-order valence-corrected chi connectivity index (χ1v) is 7.17. The summed E-state index contributed by atoms with van der Waals surface area (Å²) in [5.41, 5.74) is 8.12. The summed E-state index contributed by atoms with van der Waals surface area (Å²) >= 11 is 7.19. The number of thiophene rings is 1. The molecule has 0 saturated heterocycles. The van der Waals surface area contributed by atoms with E-state index in [1.165, 1.54) is 17.4 Å². The average Bonchev–Trinajstić information content (AvgIpc) is 2.81. The third-order valence-corrected chi connectivity index (χ3v) is 4.28. The molecule has 0 aliphatic rings. The molecule has 0 amide bonds. The van der Waals surface area contributed by atoms with Gasteiger partial charge in [0.2, 0.25) is 0 Å². The molecule has 0 spiro atoms. The van der Waals surface area contributed by atoms with E-state index in [1.54, 1.807) is 12.1 Å². The van der Waals surface area contributed by atoms with Crippen LogP contribution in [0.5, 0.6) is 0 Å². The first-order chi connectivity index (χ1) is 9.81. The molecule has 0 fully saturated rings. The molecular weight excluding hydrogens is 323 g/mol. The van der Waals surface area contributed by atoms with E-state index < -0.39 is 17.8 Å². The lowest BCUT2D eigenvalue weighted by atomic mass is 9.99. The zero-order valence-electron chi connectivity index (χ0n) is 10.7. The zero-order chi connectivity index (χ0) is 15.6. The monoisotopic (exact) mass is 335 g/mol. The van der Waals surface area contributed by atoms with Crippen LogP contribution < -0.4 is 17.0 Å². The number of hydrazine groups is 1. The van der Waals surface area contributed by atoms with E-state index in [2.05, 4.69) is 5.43 Å². The van der Waals surface area contributed by atoms with Crippen LogP contribution >= 0.6 is 22.9 Å². The van der Waals surface area contributed by atoms with Gasteiger partial charge in [0.05, 0.1) is 15.9 Å². The quantitative estimate of drug-likeness (QED) is 0.453. The van der Waals surface area contributed by atoms with Crippen LogP contribution in [0.15, 0.2) is 30.3 Å². The molecule has 0 saturated carbocycles. The Bertz CT molecular complexity index is 627. The number of hydrogen-bond acceptors (Lipinski definition) is 4. The normalized spacial score (nSPS) is 13.4. The van der Waals surface area contributed by atoms with Crippen molar-refractivity contribution in [3.63, 3.8) is 0 Å². The van der Waals surface area contributed by atoms with E-state index in [1.807, 2.05) is 0 Å². The number of halogens is 4. The number of benzene rings is 1. The summed E-state index contributed by atoms with van der Waals surface area (Å²) in [6.45, 7) is 0. The van der Waals surface area contributed by atoms with Crippen molar-refractivity contribution in [1.82, 2.24) is 5.43 Å². The molecule has 1 aromatic carbocycles. The van der Waals surface area contributed by atoms with E-state index in [-0.39, 0.29) is 5.69 Å². The molecule has 114 valence electrons. The summed E-state index contributed by atoms with van der Waals surface area (Å²) in [7, 11) is 0. The Morgan fingerprint density at radius 1 is 1.24 bits per heavy atom. The second-order valence-electron chi connectivity index (χ2n) is 4.47. The van der Waals surface area contributed by atoms with Crippen LogP contribution in [-0.2, 0) is 12.6 Å². The largest absolute Gasteiger partial charge is 0.416 e. The molecule has 1 unspecified atom stereocenters. The molecule has 0 bridgehead atoms. The summed E-state index contributed by atoms with van der Waals surface area (Å²) in [5.74, 6) is 5.47. The van der Waals surface area contributed by atoms with Crippen molar-refractivity contribution >= 4 is 28.6 Å². The maximum Gasteiger partial charge on any atom is 0.416 e. The smallest absolute Gasteiger partial charge is 0.398 e.